The second-order valence-corrected chi connectivity index (χ2v) is 8.57. The number of nitrogens with one attached hydrogen (secondary N) is 2. The monoisotopic (exact) mass is 440 g/mol. The molecule has 1 saturated carbocycles. The molecule has 9 heteroatoms. The zero-order chi connectivity index (χ0) is 21.6. The quantitative estimate of drug-likeness (QED) is 0.344. The highest BCUT2D eigenvalue weighted by Crippen LogP contribution is 2.36. The van der Waals surface area contributed by atoms with Gasteiger partial charge in [-0.25, -0.2) is 4.21 Å². The van der Waals surface area contributed by atoms with Gasteiger partial charge in [-0.2, -0.15) is 4.98 Å². The third-order valence-corrected chi connectivity index (χ3v) is 5.82. The Kier molecular flexibility index (Phi) is 6.86. The summed E-state index contributed by atoms with van der Waals surface area (Å²) in [4.78, 5) is 17.1. The number of aromatic nitrogens is 2. The van der Waals surface area contributed by atoms with Gasteiger partial charge in [-0.3, -0.25) is 4.79 Å². The Morgan fingerprint density at radius 2 is 2.00 bits per heavy atom. The van der Waals surface area contributed by atoms with E-state index >= 15 is 0 Å². The molecule has 4 rings (SSSR count). The standard InChI is InChI=1S/C22H24N4O4S/c27-21(18-6-1-3-15(13-18)14-23-11-12-31(28)29)24-19-9-7-16(8-10-19)20-25-22(30-26-20)17-4-2-5-17/h1,3,6-10,13,17,23H,2,4-5,11-12,14H2,(H,24,27)(H,28,29). The molecule has 1 heterocycles. The van der Waals surface area contributed by atoms with Gasteiger partial charge < -0.3 is 19.7 Å². The van der Waals surface area contributed by atoms with E-state index in [1.807, 2.05) is 36.4 Å². The van der Waals surface area contributed by atoms with Crippen LogP contribution in [0, 0.1) is 0 Å². The average molecular weight is 441 g/mol. The van der Waals surface area contributed by atoms with Crippen LogP contribution in [0.15, 0.2) is 53.1 Å². The second kappa shape index (κ2) is 9.95. The van der Waals surface area contributed by atoms with Crippen LogP contribution in [0.2, 0.25) is 0 Å². The molecular formula is C22H24N4O4S. The normalized spacial score (nSPS) is 14.7. The van der Waals surface area contributed by atoms with Gasteiger partial charge in [-0.05, 0) is 54.8 Å². The number of anilines is 1. The minimum absolute atomic E-state index is 0.169. The number of rotatable bonds is 9. The van der Waals surface area contributed by atoms with Gasteiger partial charge in [-0.15, -0.1) is 0 Å². The zero-order valence-electron chi connectivity index (χ0n) is 16.9. The molecule has 2 aromatic carbocycles. The van der Waals surface area contributed by atoms with E-state index in [2.05, 4.69) is 20.8 Å². The maximum absolute atomic E-state index is 12.6. The Bertz CT molecular complexity index is 1060. The number of benzene rings is 2. The molecule has 1 aliphatic rings. The third kappa shape index (κ3) is 5.63. The van der Waals surface area contributed by atoms with E-state index in [1.165, 1.54) is 6.42 Å². The lowest BCUT2D eigenvalue weighted by Crippen LogP contribution is -2.20. The Balaban J connectivity index is 1.34. The van der Waals surface area contributed by atoms with Gasteiger partial charge in [0.1, 0.15) is 0 Å². The van der Waals surface area contributed by atoms with Crippen molar-refractivity contribution in [2.24, 2.45) is 0 Å². The molecule has 162 valence electrons. The molecule has 3 aromatic rings. The van der Waals surface area contributed by atoms with Crippen LogP contribution in [-0.2, 0) is 17.6 Å². The molecule has 0 bridgehead atoms. The largest absolute Gasteiger partial charge is 0.339 e. The summed E-state index contributed by atoms with van der Waals surface area (Å²) in [5.74, 6) is 1.62. The molecule has 1 unspecified atom stereocenters. The summed E-state index contributed by atoms with van der Waals surface area (Å²) in [6.07, 6.45) is 3.42. The lowest BCUT2D eigenvalue weighted by atomic mass is 9.85. The Morgan fingerprint density at radius 3 is 2.71 bits per heavy atom. The van der Waals surface area contributed by atoms with Crippen molar-refractivity contribution in [3.05, 3.63) is 65.5 Å². The van der Waals surface area contributed by atoms with Crippen molar-refractivity contribution >= 4 is 22.7 Å². The molecule has 3 N–H and O–H groups in total. The highest BCUT2D eigenvalue weighted by molar-refractivity contribution is 7.79. The number of amides is 1. The molecule has 1 amide bonds. The SMILES string of the molecule is O=C(Nc1ccc(-c2noc(C3CCC3)n2)cc1)c1cccc(CNCCS(=O)O)c1. The summed E-state index contributed by atoms with van der Waals surface area (Å²) in [5.41, 5.74) is 2.97. The van der Waals surface area contributed by atoms with Gasteiger partial charge in [0.25, 0.3) is 5.91 Å². The molecule has 1 aromatic heterocycles. The highest BCUT2D eigenvalue weighted by atomic mass is 32.2. The topological polar surface area (TPSA) is 117 Å². The van der Waals surface area contributed by atoms with E-state index in [4.69, 9.17) is 9.08 Å². The van der Waals surface area contributed by atoms with Gasteiger partial charge in [0, 0.05) is 35.8 Å². The number of nitrogens with zero attached hydrogens (tertiary/aromatic N) is 2. The highest BCUT2D eigenvalue weighted by Gasteiger charge is 2.25. The van der Waals surface area contributed by atoms with Crippen LogP contribution in [0.5, 0.6) is 0 Å². The summed E-state index contributed by atoms with van der Waals surface area (Å²) in [6.45, 7) is 0.939. The fourth-order valence-electron chi connectivity index (χ4n) is 3.29. The summed E-state index contributed by atoms with van der Waals surface area (Å²) < 4.78 is 24.8. The fourth-order valence-corrected chi connectivity index (χ4v) is 3.61. The summed E-state index contributed by atoms with van der Waals surface area (Å²) in [7, 11) is 0. The number of carbonyl (C=O) groups excluding carboxylic acids is 1. The van der Waals surface area contributed by atoms with Crippen molar-refractivity contribution in [1.82, 2.24) is 15.5 Å². The smallest absolute Gasteiger partial charge is 0.255 e. The number of hydrogen-bond donors (Lipinski definition) is 3. The van der Waals surface area contributed by atoms with Crippen molar-refractivity contribution < 1.29 is 18.1 Å². The van der Waals surface area contributed by atoms with Crippen molar-refractivity contribution in [3.8, 4) is 11.4 Å². The maximum atomic E-state index is 12.6. The van der Waals surface area contributed by atoms with E-state index in [-0.39, 0.29) is 11.7 Å². The van der Waals surface area contributed by atoms with E-state index in [0.29, 0.717) is 42.0 Å². The van der Waals surface area contributed by atoms with Crippen LogP contribution in [0.4, 0.5) is 5.69 Å². The molecule has 0 spiro atoms. The van der Waals surface area contributed by atoms with E-state index in [9.17, 15) is 9.00 Å². The van der Waals surface area contributed by atoms with Gasteiger partial charge in [0.05, 0.1) is 5.75 Å². The van der Waals surface area contributed by atoms with Crippen molar-refractivity contribution in [2.75, 3.05) is 17.6 Å². The maximum Gasteiger partial charge on any atom is 0.255 e. The molecule has 0 radical (unpaired) electrons. The van der Waals surface area contributed by atoms with E-state index in [0.717, 1.165) is 24.0 Å². The Hall–Kier alpha value is -2.88. The van der Waals surface area contributed by atoms with Crippen molar-refractivity contribution in [2.45, 2.75) is 31.7 Å². The lowest BCUT2D eigenvalue weighted by molar-refractivity contribution is 0.102. The van der Waals surface area contributed by atoms with Crippen LogP contribution in [-0.4, -0.2) is 37.1 Å². The zero-order valence-corrected chi connectivity index (χ0v) is 17.7. The minimum Gasteiger partial charge on any atom is -0.339 e. The summed E-state index contributed by atoms with van der Waals surface area (Å²) in [6, 6.07) is 14.6. The van der Waals surface area contributed by atoms with Crippen LogP contribution in [0.25, 0.3) is 11.4 Å². The molecule has 1 fully saturated rings. The predicted octanol–water partition coefficient (Wildman–Crippen LogP) is 3.57. The summed E-state index contributed by atoms with van der Waals surface area (Å²) >= 11 is -1.81. The lowest BCUT2D eigenvalue weighted by Gasteiger charge is -2.20. The first-order chi connectivity index (χ1) is 15.1. The van der Waals surface area contributed by atoms with Crippen LogP contribution in [0.1, 0.15) is 47.0 Å². The number of hydrogen-bond acceptors (Lipinski definition) is 6. The number of carbonyl (C=O) groups is 1. The van der Waals surface area contributed by atoms with Crippen LogP contribution < -0.4 is 10.6 Å². The van der Waals surface area contributed by atoms with Crippen LogP contribution >= 0.6 is 0 Å². The first-order valence-electron chi connectivity index (χ1n) is 10.2. The Labute approximate surface area is 182 Å². The molecule has 31 heavy (non-hydrogen) atoms. The minimum atomic E-state index is -1.81. The molecule has 1 atom stereocenters. The van der Waals surface area contributed by atoms with Gasteiger partial charge >= 0.3 is 0 Å². The molecule has 0 saturated heterocycles. The molecule has 1 aliphatic carbocycles. The average Bonchev–Trinajstić information content (AvgIpc) is 3.20. The van der Waals surface area contributed by atoms with Crippen molar-refractivity contribution in [1.29, 1.82) is 0 Å². The molecule has 0 aliphatic heterocycles. The Morgan fingerprint density at radius 1 is 1.19 bits per heavy atom. The first kappa shape index (κ1) is 21.4. The van der Waals surface area contributed by atoms with Gasteiger partial charge in [-0.1, -0.05) is 23.7 Å². The first-order valence-corrected chi connectivity index (χ1v) is 11.5. The van der Waals surface area contributed by atoms with Gasteiger partial charge in [0.15, 0.2) is 11.1 Å². The molecular weight excluding hydrogens is 416 g/mol. The third-order valence-electron chi connectivity index (χ3n) is 5.27. The van der Waals surface area contributed by atoms with E-state index < -0.39 is 11.1 Å². The summed E-state index contributed by atoms with van der Waals surface area (Å²) in [5, 5.41) is 10.0. The molecule has 8 nitrogen and oxygen atoms in total. The van der Waals surface area contributed by atoms with E-state index in [1.54, 1.807) is 12.1 Å². The van der Waals surface area contributed by atoms with Crippen LogP contribution in [0.3, 0.4) is 0 Å². The second-order valence-electron chi connectivity index (χ2n) is 7.52. The predicted molar refractivity (Wildman–Crippen MR) is 118 cm³/mol. The van der Waals surface area contributed by atoms with Gasteiger partial charge in [0.2, 0.25) is 11.7 Å². The van der Waals surface area contributed by atoms with Crippen molar-refractivity contribution in [3.63, 3.8) is 0 Å². The fraction of sp³-hybridized carbons (Fsp3) is 0.318.